The number of aliphatic imine (C=N–C) groups is 1. The van der Waals surface area contributed by atoms with Gasteiger partial charge in [0.05, 0.1) is 12.2 Å². The van der Waals surface area contributed by atoms with Crippen LogP contribution in [0.2, 0.25) is 0 Å². The van der Waals surface area contributed by atoms with E-state index in [9.17, 15) is 0 Å². The lowest BCUT2D eigenvalue weighted by molar-refractivity contribution is 0.321. The summed E-state index contributed by atoms with van der Waals surface area (Å²) in [5.41, 5.74) is 1.06. The molecule has 134 valence electrons. The molecule has 25 heavy (non-hydrogen) atoms. The molecule has 1 saturated heterocycles. The molecule has 1 atom stereocenters. The van der Waals surface area contributed by atoms with Crippen LogP contribution in [0.1, 0.15) is 25.0 Å². The van der Waals surface area contributed by atoms with Crippen LogP contribution in [-0.4, -0.2) is 48.1 Å². The standard InChI is InChI=1S/C19H25N5.HI/c1-20-19(23-15-9-11-24(13-15)16-6-7-16)22-12-18-17-5-3-2-4-14(17)8-10-21-18;/h2-5,8,10,15-16H,6-7,9,11-13H2,1H3,(H2,20,22,23);1H. The number of rotatable bonds is 4. The second-order valence-corrected chi connectivity index (χ2v) is 6.76. The van der Waals surface area contributed by atoms with Crippen LogP contribution in [0.15, 0.2) is 41.5 Å². The smallest absolute Gasteiger partial charge is 0.191 e. The molecule has 5 nitrogen and oxygen atoms in total. The molecule has 1 aromatic carbocycles. The number of fused-ring (bicyclic) bond motifs is 1. The Balaban J connectivity index is 0.00000182. The van der Waals surface area contributed by atoms with Gasteiger partial charge in [0.25, 0.3) is 0 Å². The predicted octanol–water partition coefficient (Wildman–Crippen LogP) is 2.75. The lowest BCUT2D eigenvalue weighted by Gasteiger charge is -2.18. The number of aromatic nitrogens is 1. The SMILES string of the molecule is CN=C(NCc1nccc2ccccc12)NC1CCN(C2CC2)C1.I. The van der Waals surface area contributed by atoms with Gasteiger partial charge in [0.2, 0.25) is 0 Å². The first-order chi connectivity index (χ1) is 11.8. The molecule has 1 saturated carbocycles. The number of pyridine rings is 1. The first kappa shape index (κ1) is 18.4. The highest BCUT2D eigenvalue weighted by Gasteiger charge is 2.34. The maximum atomic E-state index is 4.53. The number of guanidine groups is 1. The van der Waals surface area contributed by atoms with E-state index < -0.39 is 0 Å². The van der Waals surface area contributed by atoms with Gasteiger partial charge in [0.15, 0.2) is 5.96 Å². The monoisotopic (exact) mass is 451 g/mol. The molecule has 2 aromatic rings. The van der Waals surface area contributed by atoms with Gasteiger partial charge in [-0.15, -0.1) is 24.0 Å². The van der Waals surface area contributed by atoms with Crippen LogP contribution in [-0.2, 0) is 6.54 Å². The number of nitrogens with zero attached hydrogens (tertiary/aromatic N) is 3. The van der Waals surface area contributed by atoms with E-state index in [0.717, 1.165) is 24.2 Å². The summed E-state index contributed by atoms with van der Waals surface area (Å²) in [7, 11) is 1.83. The van der Waals surface area contributed by atoms with E-state index in [0.29, 0.717) is 12.6 Å². The number of hydrogen-bond acceptors (Lipinski definition) is 3. The lowest BCUT2D eigenvalue weighted by Crippen LogP contribution is -2.44. The van der Waals surface area contributed by atoms with Crippen LogP contribution in [0.3, 0.4) is 0 Å². The summed E-state index contributed by atoms with van der Waals surface area (Å²) >= 11 is 0. The average Bonchev–Trinajstić information content (AvgIpc) is 3.38. The number of nitrogens with one attached hydrogen (secondary N) is 2. The third-order valence-corrected chi connectivity index (χ3v) is 5.03. The van der Waals surface area contributed by atoms with Crippen LogP contribution in [0, 0.1) is 0 Å². The Morgan fingerprint density at radius 3 is 2.88 bits per heavy atom. The van der Waals surface area contributed by atoms with Gasteiger partial charge in [-0.2, -0.15) is 0 Å². The summed E-state index contributed by atoms with van der Waals surface area (Å²) < 4.78 is 0. The van der Waals surface area contributed by atoms with Crippen LogP contribution in [0.4, 0.5) is 0 Å². The van der Waals surface area contributed by atoms with Gasteiger partial charge in [-0.05, 0) is 30.7 Å². The Labute approximate surface area is 166 Å². The van der Waals surface area contributed by atoms with Gasteiger partial charge < -0.3 is 10.6 Å². The maximum Gasteiger partial charge on any atom is 0.191 e. The molecule has 2 N–H and O–H groups in total. The molecule has 1 unspecified atom stereocenters. The summed E-state index contributed by atoms with van der Waals surface area (Å²) in [6.07, 6.45) is 5.84. The molecule has 0 spiro atoms. The molecular weight excluding hydrogens is 425 g/mol. The molecular formula is C19H26IN5. The third-order valence-electron chi connectivity index (χ3n) is 5.03. The van der Waals surface area contributed by atoms with Crippen molar-refractivity contribution in [2.45, 2.75) is 37.9 Å². The van der Waals surface area contributed by atoms with Gasteiger partial charge >= 0.3 is 0 Å². The van der Waals surface area contributed by atoms with Crippen LogP contribution in [0.5, 0.6) is 0 Å². The molecule has 6 heteroatoms. The second kappa shape index (κ2) is 8.31. The summed E-state index contributed by atoms with van der Waals surface area (Å²) in [5, 5.41) is 9.41. The minimum atomic E-state index is 0. The largest absolute Gasteiger partial charge is 0.352 e. The molecule has 0 amide bonds. The van der Waals surface area contributed by atoms with E-state index >= 15 is 0 Å². The lowest BCUT2D eigenvalue weighted by atomic mass is 10.1. The highest BCUT2D eigenvalue weighted by atomic mass is 127. The number of benzene rings is 1. The zero-order valence-corrected chi connectivity index (χ0v) is 16.9. The van der Waals surface area contributed by atoms with Crippen LogP contribution < -0.4 is 10.6 Å². The van der Waals surface area contributed by atoms with Crippen molar-refractivity contribution in [2.24, 2.45) is 4.99 Å². The fourth-order valence-corrected chi connectivity index (χ4v) is 3.55. The summed E-state index contributed by atoms with van der Waals surface area (Å²) in [6, 6.07) is 11.8. The Hall–Kier alpha value is -1.41. The van der Waals surface area contributed by atoms with E-state index in [1.807, 2.05) is 13.2 Å². The molecule has 1 aromatic heterocycles. The van der Waals surface area contributed by atoms with Gasteiger partial charge in [-0.1, -0.05) is 24.3 Å². The molecule has 4 rings (SSSR count). The Morgan fingerprint density at radius 1 is 1.24 bits per heavy atom. The van der Waals surface area contributed by atoms with Crippen molar-refractivity contribution < 1.29 is 0 Å². The van der Waals surface area contributed by atoms with E-state index in [2.05, 4.69) is 55.8 Å². The van der Waals surface area contributed by atoms with Crippen molar-refractivity contribution in [1.29, 1.82) is 0 Å². The van der Waals surface area contributed by atoms with Crippen molar-refractivity contribution in [3.63, 3.8) is 0 Å². The predicted molar refractivity (Wildman–Crippen MR) is 113 cm³/mol. The zero-order valence-electron chi connectivity index (χ0n) is 14.6. The van der Waals surface area contributed by atoms with Crippen molar-refractivity contribution in [3.8, 4) is 0 Å². The molecule has 1 aliphatic carbocycles. The van der Waals surface area contributed by atoms with E-state index in [4.69, 9.17) is 0 Å². The van der Waals surface area contributed by atoms with Crippen molar-refractivity contribution in [2.75, 3.05) is 20.1 Å². The molecule has 1 aliphatic heterocycles. The topological polar surface area (TPSA) is 52.6 Å². The molecule has 2 heterocycles. The van der Waals surface area contributed by atoms with E-state index in [-0.39, 0.29) is 24.0 Å². The maximum absolute atomic E-state index is 4.53. The highest BCUT2D eigenvalue weighted by molar-refractivity contribution is 14.0. The number of hydrogen-bond donors (Lipinski definition) is 2. The quantitative estimate of drug-likeness (QED) is 0.427. The normalized spacial score (nSPS) is 21.2. The second-order valence-electron chi connectivity index (χ2n) is 6.76. The van der Waals surface area contributed by atoms with Crippen LogP contribution >= 0.6 is 24.0 Å². The number of halogens is 1. The first-order valence-corrected chi connectivity index (χ1v) is 8.87. The molecule has 2 aliphatic rings. The Morgan fingerprint density at radius 2 is 2.08 bits per heavy atom. The van der Waals surface area contributed by atoms with Crippen molar-refractivity contribution in [1.82, 2.24) is 20.5 Å². The van der Waals surface area contributed by atoms with Crippen LogP contribution in [0.25, 0.3) is 10.8 Å². The Kier molecular flexibility index (Phi) is 6.11. The average molecular weight is 451 g/mol. The van der Waals surface area contributed by atoms with Crippen molar-refractivity contribution >= 4 is 40.7 Å². The minimum absolute atomic E-state index is 0. The summed E-state index contributed by atoms with van der Waals surface area (Å²) in [6.45, 7) is 3.03. The van der Waals surface area contributed by atoms with Crippen molar-refractivity contribution in [3.05, 3.63) is 42.2 Å². The fraction of sp³-hybridized carbons (Fsp3) is 0.474. The molecule has 2 fully saturated rings. The summed E-state index contributed by atoms with van der Waals surface area (Å²) in [5.74, 6) is 0.868. The third kappa shape index (κ3) is 4.41. The first-order valence-electron chi connectivity index (χ1n) is 8.87. The zero-order chi connectivity index (χ0) is 16.4. The number of likely N-dealkylation sites (tertiary alicyclic amines) is 1. The molecule has 0 radical (unpaired) electrons. The van der Waals surface area contributed by atoms with Gasteiger partial charge in [-0.25, -0.2) is 0 Å². The Bertz CT molecular complexity index is 738. The van der Waals surface area contributed by atoms with E-state index in [1.165, 1.54) is 36.6 Å². The van der Waals surface area contributed by atoms with Gasteiger partial charge in [-0.3, -0.25) is 14.9 Å². The fourth-order valence-electron chi connectivity index (χ4n) is 3.55. The van der Waals surface area contributed by atoms with E-state index in [1.54, 1.807) is 0 Å². The van der Waals surface area contributed by atoms with Gasteiger partial charge in [0.1, 0.15) is 0 Å². The molecule has 0 bridgehead atoms. The highest BCUT2D eigenvalue weighted by Crippen LogP contribution is 2.29. The summed E-state index contributed by atoms with van der Waals surface area (Å²) in [4.78, 5) is 11.5. The van der Waals surface area contributed by atoms with Gasteiger partial charge in [0, 0.05) is 43.8 Å². The minimum Gasteiger partial charge on any atom is -0.352 e.